The number of rotatable bonds is 11. The molecule has 0 saturated carbocycles. The normalized spacial score (nSPS) is 11.3. The average Bonchev–Trinajstić information content (AvgIpc) is 2.82. The van der Waals surface area contributed by atoms with Gasteiger partial charge < -0.3 is 5.32 Å². The van der Waals surface area contributed by atoms with Crippen molar-refractivity contribution in [2.24, 2.45) is 0 Å². The van der Waals surface area contributed by atoms with E-state index in [-0.39, 0.29) is 17.3 Å². The number of carbonyl (C=O) groups is 1. The maximum Gasteiger partial charge on any atom is 0.264 e. The molecular formula is C25H26Cl2N2O3S2. The van der Waals surface area contributed by atoms with E-state index < -0.39 is 10.0 Å². The summed E-state index contributed by atoms with van der Waals surface area (Å²) in [5, 5.41) is 3.95. The monoisotopic (exact) mass is 536 g/mol. The molecule has 0 radical (unpaired) electrons. The zero-order valence-electron chi connectivity index (χ0n) is 18.7. The molecule has 34 heavy (non-hydrogen) atoms. The van der Waals surface area contributed by atoms with Crippen molar-refractivity contribution < 1.29 is 13.2 Å². The van der Waals surface area contributed by atoms with E-state index in [9.17, 15) is 13.2 Å². The summed E-state index contributed by atoms with van der Waals surface area (Å²) in [5.74, 6) is 1.32. The molecule has 3 aromatic rings. The Morgan fingerprint density at radius 2 is 1.71 bits per heavy atom. The van der Waals surface area contributed by atoms with Gasteiger partial charge in [-0.3, -0.25) is 9.10 Å². The fraction of sp³-hybridized carbons (Fsp3) is 0.240. The third kappa shape index (κ3) is 7.40. The lowest BCUT2D eigenvalue weighted by Crippen LogP contribution is -2.41. The SMILES string of the molecule is Cc1ccc(Cl)cc1N(CC(=O)NCCCSCc1cccc(Cl)c1)S(=O)(=O)c1ccccc1. The maximum atomic E-state index is 13.4. The zero-order chi connectivity index (χ0) is 24.6. The first-order chi connectivity index (χ1) is 16.3. The van der Waals surface area contributed by atoms with Gasteiger partial charge in [0.2, 0.25) is 5.91 Å². The van der Waals surface area contributed by atoms with Crippen LogP contribution in [-0.2, 0) is 20.6 Å². The highest BCUT2D eigenvalue weighted by atomic mass is 35.5. The van der Waals surface area contributed by atoms with Crippen molar-refractivity contribution in [2.45, 2.75) is 24.0 Å². The molecule has 0 atom stereocenters. The molecule has 1 N–H and O–H groups in total. The minimum absolute atomic E-state index is 0.111. The van der Waals surface area contributed by atoms with Crippen LogP contribution >= 0.6 is 35.0 Å². The predicted octanol–water partition coefficient (Wildman–Crippen LogP) is 5.94. The average molecular weight is 538 g/mol. The molecule has 3 rings (SSSR count). The van der Waals surface area contributed by atoms with Gasteiger partial charge in [-0.2, -0.15) is 11.8 Å². The Balaban J connectivity index is 1.61. The third-order valence-electron chi connectivity index (χ3n) is 5.00. The third-order valence-corrected chi connectivity index (χ3v) is 8.36. The Bertz CT molecular complexity index is 1220. The van der Waals surface area contributed by atoms with Crippen LogP contribution in [0, 0.1) is 6.92 Å². The highest BCUT2D eigenvalue weighted by molar-refractivity contribution is 7.98. The summed E-state index contributed by atoms with van der Waals surface area (Å²) in [6.07, 6.45) is 0.763. The Morgan fingerprint density at radius 1 is 0.971 bits per heavy atom. The quantitative estimate of drug-likeness (QED) is 0.308. The van der Waals surface area contributed by atoms with Crippen molar-refractivity contribution in [3.05, 3.63) is 94.0 Å². The number of sulfonamides is 1. The molecule has 0 bridgehead atoms. The van der Waals surface area contributed by atoms with Gasteiger partial charge in [-0.1, -0.05) is 59.6 Å². The van der Waals surface area contributed by atoms with Gasteiger partial charge in [-0.05, 0) is 66.6 Å². The van der Waals surface area contributed by atoms with E-state index in [1.54, 1.807) is 55.1 Å². The van der Waals surface area contributed by atoms with Crippen molar-refractivity contribution >= 4 is 56.6 Å². The lowest BCUT2D eigenvalue weighted by Gasteiger charge is -2.25. The van der Waals surface area contributed by atoms with Crippen LogP contribution in [0.2, 0.25) is 10.0 Å². The van der Waals surface area contributed by atoms with Crippen molar-refractivity contribution in [2.75, 3.05) is 23.1 Å². The number of thioether (sulfide) groups is 1. The van der Waals surface area contributed by atoms with Crippen LogP contribution in [0.3, 0.4) is 0 Å². The molecule has 0 fully saturated rings. The standard InChI is InChI=1S/C25H26Cl2N2O3S2/c1-19-11-12-22(27)16-24(19)29(34(31,32)23-9-3-2-4-10-23)17-25(30)28-13-6-14-33-18-20-7-5-8-21(26)15-20/h2-5,7-12,15-16H,6,13-14,17-18H2,1H3,(H,28,30). The molecule has 0 unspecified atom stereocenters. The predicted molar refractivity (Wildman–Crippen MR) is 142 cm³/mol. The van der Waals surface area contributed by atoms with E-state index in [2.05, 4.69) is 5.32 Å². The topological polar surface area (TPSA) is 66.5 Å². The zero-order valence-corrected chi connectivity index (χ0v) is 21.9. The summed E-state index contributed by atoms with van der Waals surface area (Å²) >= 11 is 13.9. The summed E-state index contributed by atoms with van der Waals surface area (Å²) in [4.78, 5) is 12.8. The van der Waals surface area contributed by atoms with E-state index >= 15 is 0 Å². The van der Waals surface area contributed by atoms with Crippen molar-refractivity contribution in [1.29, 1.82) is 0 Å². The van der Waals surface area contributed by atoms with E-state index in [4.69, 9.17) is 23.2 Å². The fourth-order valence-electron chi connectivity index (χ4n) is 3.28. The van der Waals surface area contributed by atoms with Crippen molar-refractivity contribution in [1.82, 2.24) is 5.32 Å². The first-order valence-corrected chi connectivity index (χ1v) is 14.1. The van der Waals surface area contributed by atoms with Crippen LogP contribution < -0.4 is 9.62 Å². The molecule has 0 spiro atoms. The molecule has 0 aliphatic heterocycles. The molecule has 0 heterocycles. The Labute approximate surface area is 215 Å². The molecular weight excluding hydrogens is 511 g/mol. The fourth-order valence-corrected chi connectivity index (χ4v) is 6.06. The van der Waals surface area contributed by atoms with E-state index in [1.807, 2.05) is 24.3 Å². The first kappa shape index (κ1) is 26.4. The van der Waals surface area contributed by atoms with Gasteiger partial charge in [0.05, 0.1) is 10.6 Å². The molecule has 0 saturated heterocycles. The number of hydrogen-bond acceptors (Lipinski definition) is 4. The number of aryl methyl sites for hydroxylation is 1. The van der Waals surface area contributed by atoms with Gasteiger partial charge in [-0.15, -0.1) is 0 Å². The molecule has 3 aromatic carbocycles. The van der Waals surface area contributed by atoms with Crippen LogP contribution in [-0.4, -0.2) is 33.2 Å². The van der Waals surface area contributed by atoms with Crippen LogP contribution in [0.15, 0.2) is 77.7 Å². The lowest BCUT2D eigenvalue weighted by molar-refractivity contribution is -0.119. The van der Waals surface area contributed by atoms with Gasteiger partial charge in [0.15, 0.2) is 0 Å². The minimum Gasteiger partial charge on any atom is -0.354 e. The van der Waals surface area contributed by atoms with E-state index in [0.717, 1.165) is 32.8 Å². The Morgan fingerprint density at radius 3 is 2.44 bits per heavy atom. The molecule has 5 nitrogen and oxygen atoms in total. The molecule has 1 amide bonds. The number of amides is 1. The van der Waals surface area contributed by atoms with Gasteiger partial charge in [0, 0.05) is 22.3 Å². The lowest BCUT2D eigenvalue weighted by atomic mass is 10.2. The smallest absolute Gasteiger partial charge is 0.264 e. The molecule has 180 valence electrons. The number of anilines is 1. The van der Waals surface area contributed by atoms with Gasteiger partial charge in [-0.25, -0.2) is 8.42 Å². The number of hydrogen-bond donors (Lipinski definition) is 1. The number of halogens is 2. The van der Waals surface area contributed by atoms with Gasteiger partial charge >= 0.3 is 0 Å². The van der Waals surface area contributed by atoms with Gasteiger partial charge in [0.1, 0.15) is 6.54 Å². The minimum atomic E-state index is -3.96. The van der Waals surface area contributed by atoms with Crippen LogP contribution in [0.1, 0.15) is 17.5 Å². The summed E-state index contributed by atoms with van der Waals surface area (Å²) in [6, 6.07) is 20.8. The Hall–Kier alpha value is -2.19. The maximum absolute atomic E-state index is 13.4. The van der Waals surface area contributed by atoms with E-state index in [0.29, 0.717) is 22.8 Å². The van der Waals surface area contributed by atoms with E-state index in [1.165, 1.54) is 12.1 Å². The number of nitrogens with one attached hydrogen (secondary N) is 1. The van der Waals surface area contributed by atoms with Crippen LogP contribution in [0.5, 0.6) is 0 Å². The summed E-state index contributed by atoms with van der Waals surface area (Å²) in [5.41, 5.74) is 2.23. The summed E-state index contributed by atoms with van der Waals surface area (Å²) in [7, 11) is -3.96. The molecule has 0 aliphatic rings. The first-order valence-electron chi connectivity index (χ1n) is 10.7. The Kier molecular flexibility index (Phi) is 9.71. The largest absolute Gasteiger partial charge is 0.354 e. The summed E-state index contributed by atoms with van der Waals surface area (Å²) < 4.78 is 27.9. The highest BCUT2D eigenvalue weighted by Crippen LogP contribution is 2.29. The molecule has 0 aromatic heterocycles. The second-order valence-corrected chi connectivity index (χ2v) is 11.5. The second kappa shape index (κ2) is 12.5. The van der Waals surface area contributed by atoms with Crippen molar-refractivity contribution in [3.8, 4) is 0 Å². The molecule has 9 heteroatoms. The van der Waals surface area contributed by atoms with Crippen LogP contribution in [0.4, 0.5) is 5.69 Å². The highest BCUT2D eigenvalue weighted by Gasteiger charge is 2.28. The number of benzene rings is 3. The number of carbonyl (C=O) groups excluding carboxylic acids is 1. The van der Waals surface area contributed by atoms with Gasteiger partial charge in [0.25, 0.3) is 10.0 Å². The summed E-state index contributed by atoms with van der Waals surface area (Å²) in [6.45, 7) is 1.90. The molecule has 0 aliphatic carbocycles. The van der Waals surface area contributed by atoms with Crippen LogP contribution in [0.25, 0.3) is 0 Å². The van der Waals surface area contributed by atoms with Crippen molar-refractivity contribution in [3.63, 3.8) is 0 Å². The second-order valence-electron chi connectivity index (χ2n) is 7.64. The number of nitrogens with zero attached hydrogens (tertiary/aromatic N) is 1.